The number of halogens is 3. The Bertz CT molecular complexity index is 780. The number of hydrogen-bond acceptors (Lipinski definition) is 2. The van der Waals surface area contributed by atoms with Crippen LogP contribution in [0.2, 0.25) is 0 Å². The highest BCUT2D eigenvalue weighted by Gasteiger charge is 2.16. The summed E-state index contributed by atoms with van der Waals surface area (Å²) in [5.74, 6) is -1.82. The Morgan fingerprint density at radius 1 is 1.11 bits per heavy atom. The average molecular weight is 263 g/mol. The van der Waals surface area contributed by atoms with Gasteiger partial charge in [0.25, 0.3) is 0 Å². The van der Waals surface area contributed by atoms with Gasteiger partial charge in [-0.05, 0) is 12.1 Å². The van der Waals surface area contributed by atoms with Crippen molar-refractivity contribution in [1.82, 2.24) is 14.5 Å². The van der Waals surface area contributed by atoms with Crippen LogP contribution in [0.3, 0.4) is 0 Å². The first-order valence-electron chi connectivity index (χ1n) is 5.49. The van der Waals surface area contributed by atoms with Crippen molar-refractivity contribution in [3.8, 4) is 11.4 Å². The van der Waals surface area contributed by atoms with Gasteiger partial charge in [-0.2, -0.15) is 0 Å². The Morgan fingerprint density at radius 2 is 1.89 bits per heavy atom. The number of aromatic nitrogens is 3. The first-order valence-corrected chi connectivity index (χ1v) is 5.49. The van der Waals surface area contributed by atoms with Crippen molar-refractivity contribution >= 4 is 11.0 Å². The number of hydrogen-bond donors (Lipinski definition) is 0. The van der Waals surface area contributed by atoms with Gasteiger partial charge in [0, 0.05) is 19.3 Å². The molecule has 0 aliphatic carbocycles. The smallest absolute Gasteiger partial charge is 0.153 e. The monoisotopic (exact) mass is 263 g/mol. The van der Waals surface area contributed by atoms with Crippen molar-refractivity contribution < 1.29 is 13.2 Å². The highest BCUT2D eigenvalue weighted by atomic mass is 19.1. The Balaban J connectivity index is 2.35. The van der Waals surface area contributed by atoms with Crippen LogP contribution in [0.15, 0.2) is 30.6 Å². The van der Waals surface area contributed by atoms with Gasteiger partial charge in [-0.3, -0.25) is 4.98 Å². The van der Waals surface area contributed by atoms with Crippen molar-refractivity contribution in [2.45, 2.75) is 0 Å². The summed E-state index contributed by atoms with van der Waals surface area (Å²) < 4.78 is 42.0. The maximum atomic E-state index is 13.7. The molecule has 0 radical (unpaired) electrons. The van der Waals surface area contributed by atoms with Gasteiger partial charge in [0.15, 0.2) is 11.6 Å². The lowest BCUT2D eigenvalue weighted by molar-refractivity contribution is 0.590. The van der Waals surface area contributed by atoms with Crippen LogP contribution < -0.4 is 0 Å². The fourth-order valence-electron chi connectivity index (χ4n) is 2.01. The van der Waals surface area contributed by atoms with E-state index in [-0.39, 0.29) is 22.4 Å². The fourth-order valence-corrected chi connectivity index (χ4v) is 2.01. The van der Waals surface area contributed by atoms with Crippen molar-refractivity contribution in [1.29, 1.82) is 0 Å². The molecule has 2 aromatic heterocycles. The number of nitrogens with zero attached hydrogens (tertiary/aromatic N) is 3. The van der Waals surface area contributed by atoms with E-state index in [1.54, 1.807) is 7.05 Å². The van der Waals surface area contributed by atoms with Gasteiger partial charge in [0.2, 0.25) is 0 Å². The van der Waals surface area contributed by atoms with Crippen LogP contribution in [0.4, 0.5) is 13.2 Å². The molecule has 19 heavy (non-hydrogen) atoms. The van der Waals surface area contributed by atoms with Crippen molar-refractivity contribution in [3.63, 3.8) is 0 Å². The number of imidazole rings is 1. The fraction of sp³-hybridized carbons (Fsp3) is 0.0769. The summed E-state index contributed by atoms with van der Waals surface area (Å²) in [4.78, 5) is 7.68. The Kier molecular flexibility index (Phi) is 2.51. The highest BCUT2D eigenvalue weighted by molar-refractivity contribution is 5.81. The zero-order valence-corrected chi connectivity index (χ0v) is 9.86. The SMILES string of the molecule is Cn1c(-c2ccncc2F)nc2c(F)cc(F)cc21. The Labute approximate surface area is 106 Å². The molecule has 0 saturated carbocycles. The molecule has 0 unspecified atom stereocenters. The summed E-state index contributed by atoms with van der Waals surface area (Å²) in [6.45, 7) is 0. The quantitative estimate of drug-likeness (QED) is 0.675. The second kappa shape index (κ2) is 4.08. The standard InChI is InChI=1S/C13H8F3N3/c1-19-11-5-7(14)4-9(15)12(11)18-13(19)8-2-3-17-6-10(8)16/h2-6H,1H3. The molecule has 0 bridgehead atoms. The van der Waals surface area contributed by atoms with E-state index in [0.717, 1.165) is 18.3 Å². The second-order valence-electron chi connectivity index (χ2n) is 4.11. The summed E-state index contributed by atoms with van der Waals surface area (Å²) in [6.07, 6.45) is 2.46. The minimum absolute atomic E-state index is 0.00936. The molecule has 3 rings (SSSR count). The van der Waals surface area contributed by atoms with Crippen LogP contribution in [0.1, 0.15) is 0 Å². The molecular formula is C13H8F3N3. The summed E-state index contributed by atoms with van der Waals surface area (Å²) in [5, 5.41) is 0. The number of fused-ring (bicyclic) bond motifs is 1. The molecule has 0 N–H and O–H groups in total. The first kappa shape index (κ1) is 11.7. The van der Waals surface area contributed by atoms with Gasteiger partial charge in [-0.1, -0.05) is 0 Å². The van der Waals surface area contributed by atoms with Crippen molar-refractivity contribution in [2.75, 3.05) is 0 Å². The zero-order valence-electron chi connectivity index (χ0n) is 9.86. The minimum Gasteiger partial charge on any atom is -0.327 e. The van der Waals surface area contributed by atoms with Crippen LogP contribution in [0.5, 0.6) is 0 Å². The van der Waals surface area contributed by atoms with Crippen LogP contribution in [0.25, 0.3) is 22.4 Å². The summed E-state index contributed by atoms with van der Waals surface area (Å²) in [5.41, 5.74) is 0.465. The molecule has 0 aliphatic rings. The normalized spacial score (nSPS) is 11.2. The molecular weight excluding hydrogens is 255 g/mol. The van der Waals surface area contributed by atoms with E-state index in [0.29, 0.717) is 0 Å². The Morgan fingerprint density at radius 3 is 2.63 bits per heavy atom. The van der Waals surface area contributed by atoms with Gasteiger partial charge in [-0.25, -0.2) is 18.2 Å². The molecule has 3 nitrogen and oxygen atoms in total. The lowest BCUT2D eigenvalue weighted by Gasteiger charge is -2.02. The van der Waals surface area contributed by atoms with Gasteiger partial charge in [0.1, 0.15) is 17.2 Å². The molecule has 3 aromatic rings. The maximum Gasteiger partial charge on any atom is 0.153 e. The molecule has 2 heterocycles. The Hall–Kier alpha value is -2.37. The van der Waals surface area contributed by atoms with E-state index in [2.05, 4.69) is 9.97 Å². The van der Waals surface area contributed by atoms with Crippen LogP contribution >= 0.6 is 0 Å². The predicted octanol–water partition coefficient (Wildman–Crippen LogP) is 3.05. The summed E-state index contributed by atoms with van der Waals surface area (Å²) >= 11 is 0. The lowest BCUT2D eigenvalue weighted by atomic mass is 10.2. The van der Waals surface area contributed by atoms with Crippen molar-refractivity contribution in [3.05, 3.63) is 48.0 Å². The average Bonchev–Trinajstić information content (AvgIpc) is 2.68. The van der Waals surface area contributed by atoms with E-state index >= 15 is 0 Å². The molecule has 0 aliphatic heterocycles. The predicted molar refractivity (Wildman–Crippen MR) is 63.8 cm³/mol. The first-order chi connectivity index (χ1) is 9.08. The third-order valence-electron chi connectivity index (χ3n) is 2.92. The van der Waals surface area contributed by atoms with Gasteiger partial charge < -0.3 is 4.57 Å². The van der Waals surface area contributed by atoms with Gasteiger partial charge in [-0.15, -0.1) is 0 Å². The number of benzene rings is 1. The zero-order chi connectivity index (χ0) is 13.6. The molecule has 0 spiro atoms. The molecule has 1 aromatic carbocycles. The van der Waals surface area contributed by atoms with Crippen LogP contribution in [-0.4, -0.2) is 14.5 Å². The third-order valence-corrected chi connectivity index (χ3v) is 2.92. The molecule has 0 saturated heterocycles. The molecule has 0 atom stereocenters. The van der Waals surface area contributed by atoms with E-state index in [1.807, 2.05) is 0 Å². The highest BCUT2D eigenvalue weighted by Crippen LogP contribution is 2.27. The minimum atomic E-state index is -0.772. The summed E-state index contributed by atoms with van der Waals surface area (Å²) in [6, 6.07) is 3.35. The van der Waals surface area contributed by atoms with E-state index < -0.39 is 17.5 Å². The topological polar surface area (TPSA) is 30.7 Å². The largest absolute Gasteiger partial charge is 0.327 e. The van der Waals surface area contributed by atoms with Crippen LogP contribution in [0, 0.1) is 17.5 Å². The van der Waals surface area contributed by atoms with E-state index in [1.165, 1.54) is 16.8 Å². The molecule has 6 heteroatoms. The van der Waals surface area contributed by atoms with Crippen LogP contribution in [-0.2, 0) is 7.05 Å². The second-order valence-corrected chi connectivity index (χ2v) is 4.11. The van der Waals surface area contributed by atoms with Gasteiger partial charge in [0.05, 0.1) is 17.3 Å². The number of aryl methyl sites for hydroxylation is 1. The lowest BCUT2D eigenvalue weighted by Crippen LogP contribution is -1.95. The maximum absolute atomic E-state index is 13.7. The third kappa shape index (κ3) is 1.76. The summed E-state index contributed by atoms with van der Waals surface area (Å²) in [7, 11) is 1.57. The van der Waals surface area contributed by atoms with E-state index in [9.17, 15) is 13.2 Å². The number of pyridine rings is 1. The molecule has 96 valence electrons. The van der Waals surface area contributed by atoms with Gasteiger partial charge >= 0.3 is 0 Å². The number of rotatable bonds is 1. The molecule has 0 fully saturated rings. The van der Waals surface area contributed by atoms with E-state index in [4.69, 9.17) is 0 Å². The molecule has 0 amide bonds. The van der Waals surface area contributed by atoms with Crippen molar-refractivity contribution in [2.24, 2.45) is 7.05 Å².